The van der Waals surface area contributed by atoms with Crippen LogP contribution in [0.4, 0.5) is 0 Å². The third-order valence-corrected chi connectivity index (χ3v) is 6.59. The van der Waals surface area contributed by atoms with Crippen LogP contribution in [0.1, 0.15) is 37.7 Å². The van der Waals surface area contributed by atoms with Crippen LogP contribution in [0.3, 0.4) is 0 Å². The Balaban J connectivity index is 1.66. The Labute approximate surface area is 177 Å². The molecular formula is C23H26Cl2N2O. The quantitative estimate of drug-likeness (QED) is 0.693. The zero-order valence-electron chi connectivity index (χ0n) is 16.0. The van der Waals surface area contributed by atoms with E-state index in [0.29, 0.717) is 22.5 Å². The van der Waals surface area contributed by atoms with E-state index in [1.807, 2.05) is 24.3 Å². The highest BCUT2D eigenvalue weighted by molar-refractivity contribution is 6.36. The molecule has 1 heterocycles. The van der Waals surface area contributed by atoms with E-state index >= 15 is 0 Å². The van der Waals surface area contributed by atoms with Crippen molar-refractivity contribution in [2.24, 2.45) is 5.92 Å². The van der Waals surface area contributed by atoms with Crippen molar-refractivity contribution in [3.05, 3.63) is 58.1 Å². The molecule has 1 N–H and O–H groups in total. The summed E-state index contributed by atoms with van der Waals surface area (Å²) in [4.78, 5) is 15.5. The van der Waals surface area contributed by atoms with Crippen LogP contribution in [0.15, 0.2) is 42.5 Å². The van der Waals surface area contributed by atoms with Crippen LogP contribution in [0.2, 0.25) is 10.0 Å². The topological polar surface area (TPSA) is 32.3 Å². The molecule has 1 aliphatic heterocycles. The fraction of sp³-hybridized carbons (Fsp3) is 0.435. The molecule has 4 rings (SSSR count). The second-order valence-electron chi connectivity index (χ2n) is 7.88. The van der Waals surface area contributed by atoms with Crippen LogP contribution in [0.5, 0.6) is 0 Å². The summed E-state index contributed by atoms with van der Waals surface area (Å²) in [6, 6.07) is 14.1. The van der Waals surface area contributed by atoms with Gasteiger partial charge in [0.1, 0.15) is 0 Å². The monoisotopic (exact) mass is 416 g/mol. The number of carbonyl (C=O) groups excluding carboxylic acids is 1. The average molecular weight is 417 g/mol. The van der Waals surface area contributed by atoms with Gasteiger partial charge in [0.15, 0.2) is 0 Å². The van der Waals surface area contributed by atoms with E-state index < -0.39 is 0 Å². The van der Waals surface area contributed by atoms with E-state index in [0.717, 1.165) is 49.0 Å². The molecule has 0 radical (unpaired) electrons. The molecule has 0 spiro atoms. The average Bonchev–Trinajstić information content (AvgIpc) is 3.40. The fourth-order valence-electron chi connectivity index (χ4n) is 4.51. The van der Waals surface area contributed by atoms with Gasteiger partial charge in [-0.05, 0) is 49.1 Å². The van der Waals surface area contributed by atoms with Crippen molar-refractivity contribution in [2.45, 2.75) is 44.7 Å². The van der Waals surface area contributed by atoms with Crippen LogP contribution in [-0.4, -0.2) is 29.9 Å². The second-order valence-corrected chi connectivity index (χ2v) is 8.72. The molecule has 1 saturated carbocycles. The number of carbonyl (C=O) groups is 1. The summed E-state index contributed by atoms with van der Waals surface area (Å²) in [6.45, 7) is 2.48. The minimum Gasteiger partial charge on any atom is -0.334 e. The smallest absolute Gasteiger partial charge is 0.226 e. The van der Waals surface area contributed by atoms with Gasteiger partial charge in [0.2, 0.25) is 5.91 Å². The Kier molecular flexibility index (Phi) is 6.25. The molecule has 1 atom stereocenters. The molecule has 2 aliphatic rings. The van der Waals surface area contributed by atoms with Gasteiger partial charge in [0.05, 0.1) is 0 Å². The number of benzene rings is 2. The normalized spacial score (nSPS) is 19.9. The molecule has 5 heteroatoms. The van der Waals surface area contributed by atoms with Crippen LogP contribution in [0, 0.1) is 5.92 Å². The maximum Gasteiger partial charge on any atom is 0.226 e. The summed E-state index contributed by atoms with van der Waals surface area (Å²) >= 11 is 12.6. The third kappa shape index (κ3) is 4.22. The van der Waals surface area contributed by atoms with Crippen LogP contribution >= 0.6 is 23.2 Å². The van der Waals surface area contributed by atoms with Crippen LogP contribution in [-0.2, 0) is 11.3 Å². The minimum atomic E-state index is 0.187. The number of hydrogen-bond donors (Lipinski definition) is 1. The van der Waals surface area contributed by atoms with Crippen molar-refractivity contribution in [1.82, 2.24) is 10.2 Å². The van der Waals surface area contributed by atoms with Crippen molar-refractivity contribution >= 4 is 29.1 Å². The first-order valence-electron chi connectivity index (χ1n) is 10.2. The molecule has 2 aromatic rings. The number of nitrogens with zero attached hydrogens (tertiary/aromatic N) is 1. The molecule has 2 aromatic carbocycles. The Morgan fingerprint density at radius 3 is 2.54 bits per heavy atom. The summed E-state index contributed by atoms with van der Waals surface area (Å²) in [5, 5.41) is 4.68. The zero-order valence-corrected chi connectivity index (χ0v) is 17.5. The van der Waals surface area contributed by atoms with Crippen molar-refractivity contribution in [3.8, 4) is 11.1 Å². The van der Waals surface area contributed by atoms with Gasteiger partial charge in [-0.2, -0.15) is 0 Å². The van der Waals surface area contributed by atoms with Gasteiger partial charge < -0.3 is 10.2 Å². The van der Waals surface area contributed by atoms with Crippen molar-refractivity contribution < 1.29 is 4.79 Å². The minimum absolute atomic E-state index is 0.187. The summed E-state index contributed by atoms with van der Waals surface area (Å²) in [7, 11) is 0. The predicted molar refractivity (Wildman–Crippen MR) is 116 cm³/mol. The Bertz CT molecular complexity index is 842. The Morgan fingerprint density at radius 2 is 1.82 bits per heavy atom. The zero-order chi connectivity index (χ0) is 19.5. The molecule has 0 unspecified atom stereocenters. The molecule has 3 nitrogen and oxygen atoms in total. The van der Waals surface area contributed by atoms with Gasteiger partial charge in [0, 0.05) is 40.7 Å². The van der Waals surface area contributed by atoms with Crippen molar-refractivity contribution in [2.75, 3.05) is 13.1 Å². The summed E-state index contributed by atoms with van der Waals surface area (Å²) in [5.74, 6) is 0.509. The van der Waals surface area contributed by atoms with Gasteiger partial charge >= 0.3 is 0 Å². The van der Waals surface area contributed by atoms with E-state index in [-0.39, 0.29) is 12.0 Å². The first-order valence-corrected chi connectivity index (χ1v) is 10.9. The molecule has 0 aromatic heterocycles. The lowest BCUT2D eigenvalue weighted by Crippen LogP contribution is -2.43. The standard InChI is InChI=1S/C23H26Cl2N2O/c24-18-9-10-21(22(25)13-18)20-8-4-3-7-17(20)15-27(19-11-12-26-14-19)23(28)16-5-1-2-6-16/h3-4,7-10,13,16,19,26H,1-2,5-6,11-12,14-15H2/t19-/m0/s1. The van der Waals surface area contributed by atoms with Gasteiger partial charge in [-0.25, -0.2) is 0 Å². The number of nitrogens with one attached hydrogen (secondary N) is 1. The largest absolute Gasteiger partial charge is 0.334 e. The van der Waals surface area contributed by atoms with Gasteiger partial charge in [0.25, 0.3) is 0 Å². The number of hydrogen-bond acceptors (Lipinski definition) is 2. The second kappa shape index (κ2) is 8.86. The molecule has 28 heavy (non-hydrogen) atoms. The third-order valence-electron chi connectivity index (χ3n) is 6.04. The lowest BCUT2D eigenvalue weighted by atomic mass is 9.97. The fourth-order valence-corrected chi connectivity index (χ4v) is 5.02. The van der Waals surface area contributed by atoms with Gasteiger partial charge in [-0.1, -0.05) is 66.4 Å². The van der Waals surface area contributed by atoms with E-state index in [4.69, 9.17) is 23.2 Å². The molecular weight excluding hydrogens is 391 g/mol. The summed E-state index contributed by atoms with van der Waals surface area (Å²) < 4.78 is 0. The van der Waals surface area contributed by atoms with E-state index in [1.165, 1.54) is 12.8 Å². The number of halogens is 2. The highest BCUT2D eigenvalue weighted by Crippen LogP contribution is 2.34. The predicted octanol–water partition coefficient (Wildman–Crippen LogP) is 5.54. The highest BCUT2D eigenvalue weighted by atomic mass is 35.5. The summed E-state index contributed by atoms with van der Waals surface area (Å²) in [5.41, 5.74) is 3.16. The lowest BCUT2D eigenvalue weighted by Gasteiger charge is -2.32. The number of rotatable bonds is 5. The molecule has 2 fully saturated rings. The first-order chi connectivity index (χ1) is 13.6. The van der Waals surface area contributed by atoms with E-state index in [9.17, 15) is 4.79 Å². The van der Waals surface area contributed by atoms with E-state index in [1.54, 1.807) is 6.07 Å². The molecule has 1 amide bonds. The molecule has 1 aliphatic carbocycles. The van der Waals surface area contributed by atoms with Crippen molar-refractivity contribution in [3.63, 3.8) is 0 Å². The van der Waals surface area contributed by atoms with Gasteiger partial charge in [-0.3, -0.25) is 4.79 Å². The Hall–Kier alpha value is -1.55. The van der Waals surface area contributed by atoms with Crippen molar-refractivity contribution in [1.29, 1.82) is 0 Å². The lowest BCUT2D eigenvalue weighted by molar-refractivity contribution is -0.138. The Morgan fingerprint density at radius 1 is 1.04 bits per heavy atom. The van der Waals surface area contributed by atoms with Gasteiger partial charge in [-0.15, -0.1) is 0 Å². The maximum absolute atomic E-state index is 13.4. The molecule has 0 bridgehead atoms. The highest BCUT2D eigenvalue weighted by Gasteiger charge is 2.33. The summed E-state index contributed by atoms with van der Waals surface area (Å²) in [6.07, 6.45) is 5.41. The maximum atomic E-state index is 13.4. The SMILES string of the molecule is O=C(C1CCCC1)N(Cc1ccccc1-c1ccc(Cl)cc1Cl)[C@H]1CCNC1. The van der Waals surface area contributed by atoms with Crippen LogP contribution in [0.25, 0.3) is 11.1 Å². The molecule has 1 saturated heterocycles. The first kappa shape index (κ1) is 19.8. The molecule has 148 valence electrons. The van der Waals surface area contributed by atoms with Crippen LogP contribution < -0.4 is 5.32 Å². The number of amides is 1. The van der Waals surface area contributed by atoms with E-state index in [2.05, 4.69) is 22.3 Å².